The number of fused-ring (bicyclic) bond motifs is 5. The second-order valence-corrected chi connectivity index (χ2v) is 8.65. The smallest absolute Gasteiger partial charge is 0.329 e. The molecule has 1 N–H and O–H groups in total. The topological polar surface area (TPSA) is 92.8 Å². The van der Waals surface area contributed by atoms with Gasteiger partial charge in [-0.25, -0.2) is 4.79 Å². The fourth-order valence-electron chi connectivity index (χ4n) is 4.96. The lowest BCUT2D eigenvalue weighted by molar-refractivity contribution is -0.159. The van der Waals surface area contributed by atoms with Crippen LogP contribution in [0.15, 0.2) is 18.2 Å². The minimum Gasteiger partial charge on any atom is -0.454 e. The number of benzene rings is 1. The largest absolute Gasteiger partial charge is 0.454 e. The molecule has 3 aliphatic rings. The maximum Gasteiger partial charge on any atom is 0.329 e. The maximum absolute atomic E-state index is 12.8. The van der Waals surface area contributed by atoms with E-state index < -0.39 is 24.5 Å². The lowest BCUT2D eigenvalue weighted by Gasteiger charge is -2.23. The van der Waals surface area contributed by atoms with E-state index >= 15 is 0 Å². The number of anilines is 1. The van der Waals surface area contributed by atoms with Crippen LogP contribution in [0.1, 0.15) is 26.2 Å². The van der Waals surface area contributed by atoms with Crippen molar-refractivity contribution in [2.24, 2.45) is 23.7 Å². The molecular formula is C20H20Cl2N2O5. The molecule has 0 unspecified atom stereocenters. The third kappa shape index (κ3) is 3.40. The van der Waals surface area contributed by atoms with E-state index in [0.29, 0.717) is 5.69 Å². The molecule has 1 aromatic rings. The number of carbonyl (C=O) groups excluding carboxylic acids is 4. The molecule has 2 saturated carbocycles. The number of likely N-dealkylation sites (tertiary alicyclic amines) is 1. The molecule has 3 fully saturated rings. The highest BCUT2D eigenvalue weighted by molar-refractivity contribution is 6.44. The summed E-state index contributed by atoms with van der Waals surface area (Å²) in [5.74, 6) is -2.10. The van der Waals surface area contributed by atoms with Crippen molar-refractivity contribution in [3.63, 3.8) is 0 Å². The lowest BCUT2D eigenvalue weighted by Crippen LogP contribution is -2.45. The van der Waals surface area contributed by atoms with Crippen molar-refractivity contribution in [2.45, 2.75) is 32.2 Å². The molecule has 1 aliphatic heterocycles. The van der Waals surface area contributed by atoms with Gasteiger partial charge in [-0.3, -0.25) is 19.3 Å². The molecule has 3 amide bonds. The third-order valence-electron chi connectivity index (χ3n) is 6.26. The summed E-state index contributed by atoms with van der Waals surface area (Å²) in [4.78, 5) is 51.1. The van der Waals surface area contributed by atoms with Gasteiger partial charge in [0.25, 0.3) is 5.91 Å². The molecule has 1 heterocycles. The number of rotatable bonds is 5. The van der Waals surface area contributed by atoms with E-state index in [2.05, 4.69) is 5.32 Å². The Labute approximate surface area is 177 Å². The summed E-state index contributed by atoms with van der Waals surface area (Å²) in [6.07, 6.45) is 2.85. The molecule has 1 aromatic carbocycles. The van der Waals surface area contributed by atoms with Crippen molar-refractivity contribution in [2.75, 3.05) is 11.9 Å². The fraction of sp³-hybridized carbons (Fsp3) is 0.500. The first kappa shape index (κ1) is 20.2. The van der Waals surface area contributed by atoms with E-state index in [9.17, 15) is 19.2 Å². The zero-order valence-electron chi connectivity index (χ0n) is 15.7. The van der Waals surface area contributed by atoms with E-state index in [4.69, 9.17) is 27.9 Å². The quantitative estimate of drug-likeness (QED) is 0.563. The summed E-state index contributed by atoms with van der Waals surface area (Å²) in [5, 5.41) is 2.96. The normalized spacial score (nSPS) is 28.4. The summed E-state index contributed by atoms with van der Waals surface area (Å²) in [7, 11) is 0. The van der Waals surface area contributed by atoms with Gasteiger partial charge in [-0.15, -0.1) is 0 Å². The number of nitrogens with one attached hydrogen (secondary N) is 1. The van der Waals surface area contributed by atoms with Crippen LogP contribution in [-0.2, 0) is 23.9 Å². The Kier molecular flexibility index (Phi) is 5.29. The Hall–Kier alpha value is -2.12. The fourth-order valence-corrected chi connectivity index (χ4v) is 5.31. The molecule has 0 aromatic heterocycles. The third-order valence-corrected chi connectivity index (χ3v) is 7.08. The van der Waals surface area contributed by atoms with E-state index in [1.807, 2.05) is 0 Å². The van der Waals surface area contributed by atoms with Crippen LogP contribution < -0.4 is 5.32 Å². The van der Waals surface area contributed by atoms with Crippen LogP contribution in [0.4, 0.5) is 5.69 Å². The number of carbonyl (C=O) groups is 4. The molecule has 2 bridgehead atoms. The number of hydrogen-bond acceptors (Lipinski definition) is 5. The van der Waals surface area contributed by atoms with Crippen LogP contribution in [0.25, 0.3) is 0 Å². The highest BCUT2D eigenvalue weighted by Gasteiger charge is 2.62. The Balaban J connectivity index is 1.35. The Morgan fingerprint density at radius 2 is 1.79 bits per heavy atom. The van der Waals surface area contributed by atoms with Gasteiger partial charge in [-0.1, -0.05) is 29.3 Å². The average Bonchev–Trinajstić information content (AvgIpc) is 3.37. The van der Waals surface area contributed by atoms with Crippen molar-refractivity contribution < 1.29 is 23.9 Å². The molecule has 0 spiro atoms. The van der Waals surface area contributed by atoms with Crippen LogP contribution in [-0.4, -0.2) is 41.2 Å². The van der Waals surface area contributed by atoms with Gasteiger partial charge in [0, 0.05) is 0 Å². The van der Waals surface area contributed by atoms with Gasteiger partial charge in [0.1, 0.15) is 6.04 Å². The highest BCUT2D eigenvalue weighted by Crippen LogP contribution is 2.56. The summed E-state index contributed by atoms with van der Waals surface area (Å²) in [6, 6.07) is 3.69. The first-order valence-corrected chi connectivity index (χ1v) is 10.3. The second kappa shape index (κ2) is 7.61. The van der Waals surface area contributed by atoms with Crippen LogP contribution >= 0.6 is 23.2 Å². The molecule has 154 valence electrons. The number of ether oxygens (including phenoxy) is 1. The number of halogens is 2. The lowest BCUT2D eigenvalue weighted by atomic mass is 9.81. The van der Waals surface area contributed by atoms with Gasteiger partial charge in [-0.05, 0) is 50.2 Å². The molecular weight excluding hydrogens is 419 g/mol. The number of hydrogen-bond donors (Lipinski definition) is 1. The second-order valence-electron chi connectivity index (χ2n) is 7.86. The SMILES string of the molecule is C[C@H](C(=O)OCC(=O)Nc1cccc(Cl)c1Cl)N1C(=O)[C@@H]2[C@H]3CC[C@@H](C3)[C@@H]2C1=O. The van der Waals surface area contributed by atoms with Crippen molar-refractivity contribution in [3.8, 4) is 0 Å². The van der Waals surface area contributed by atoms with E-state index in [1.165, 1.54) is 6.92 Å². The van der Waals surface area contributed by atoms with Gasteiger partial charge >= 0.3 is 5.97 Å². The molecule has 9 heteroatoms. The van der Waals surface area contributed by atoms with Crippen molar-refractivity contribution in [1.29, 1.82) is 0 Å². The van der Waals surface area contributed by atoms with Crippen LogP contribution in [0.5, 0.6) is 0 Å². The van der Waals surface area contributed by atoms with Gasteiger partial charge in [0.05, 0.1) is 27.6 Å². The molecule has 29 heavy (non-hydrogen) atoms. The van der Waals surface area contributed by atoms with Crippen LogP contribution in [0, 0.1) is 23.7 Å². The van der Waals surface area contributed by atoms with Crippen LogP contribution in [0.2, 0.25) is 10.0 Å². The summed E-state index contributed by atoms with van der Waals surface area (Å²) in [5.41, 5.74) is 0.293. The summed E-state index contributed by atoms with van der Waals surface area (Å²) in [6.45, 7) is 0.882. The van der Waals surface area contributed by atoms with Gasteiger partial charge in [-0.2, -0.15) is 0 Å². The zero-order chi connectivity index (χ0) is 20.9. The Bertz CT molecular complexity index is 877. The highest BCUT2D eigenvalue weighted by atomic mass is 35.5. The maximum atomic E-state index is 12.8. The molecule has 5 atom stereocenters. The summed E-state index contributed by atoms with van der Waals surface area (Å²) < 4.78 is 5.04. The molecule has 4 rings (SSSR count). The number of imide groups is 1. The van der Waals surface area contributed by atoms with Gasteiger partial charge in [0.2, 0.25) is 11.8 Å². The Morgan fingerprint density at radius 1 is 1.17 bits per heavy atom. The number of nitrogens with zero attached hydrogens (tertiary/aromatic N) is 1. The molecule has 7 nitrogen and oxygen atoms in total. The first-order chi connectivity index (χ1) is 13.8. The van der Waals surface area contributed by atoms with Crippen LogP contribution in [0.3, 0.4) is 0 Å². The first-order valence-electron chi connectivity index (χ1n) is 9.57. The zero-order valence-corrected chi connectivity index (χ0v) is 17.2. The molecule has 2 aliphatic carbocycles. The van der Waals surface area contributed by atoms with Gasteiger partial charge < -0.3 is 10.1 Å². The summed E-state index contributed by atoms with van der Waals surface area (Å²) >= 11 is 11.9. The average molecular weight is 439 g/mol. The van der Waals surface area contributed by atoms with Crippen molar-refractivity contribution >= 4 is 52.6 Å². The Morgan fingerprint density at radius 3 is 2.41 bits per heavy atom. The minimum absolute atomic E-state index is 0.177. The monoisotopic (exact) mass is 438 g/mol. The number of esters is 1. The van der Waals surface area contributed by atoms with E-state index in [1.54, 1.807) is 18.2 Å². The van der Waals surface area contributed by atoms with Gasteiger partial charge in [0.15, 0.2) is 6.61 Å². The van der Waals surface area contributed by atoms with E-state index in [-0.39, 0.29) is 45.5 Å². The van der Waals surface area contributed by atoms with Crippen molar-refractivity contribution in [1.82, 2.24) is 4.90 Å². The predicted molar refractivity (Wildman–Crippen MR) is 105 cm³/mol. The molecule has 1 saturated heterocycles. The van der Waals surface area contributed by atoms with E-state index in [0.717, 1.165) is 24.2 Å². The number of amides is 3. The minimum atomic E-state index is -1.07. The molecule has 0 radical (unpaired) electrons. The standard InChI is InChI=1S/C20H20Cl2N2O5/c1-9(24-18(26)15-10-5-6-11(7-10)16(15)19(24)27)20(28)29-8-14(25)23-13-4-2-3-12(21)17(13)22/h2-4,9-11,15-16H,5-8H2,1H3,(H,23,25)/t9-,10+,11+,15-,16+/m1/s1. The predicted octanol–water partition coefficient (Wildman–Crippen LogP) is 2.89. The van der Waals surface area contributed by atoms with Crippen molar-refractivity contribution in [3.05, 3.63) is 28.2 Å².